The van der Waals surface area contributed by atoms with Gasteiger partial charge in [0.1, 0.15) is 0 Å². The van der Waals surface area contributed by atoms with Gasteiger partial charge in [-0.3, -0.25) is 9.59 Å². The molecule has 0 heterocycles. The second-order valence-corrected chi connectivity index (χ2v) is 9.65. The lowest BCUT2D eigenvalue weighted by molar-refractivity contribution is 0.105. The molecule has 2 aromatic rings. The Kier molecular flexibility index (Phi) is 7.45. The lowest BCUT2D eigenvalue weighted by Gasteiger charge is -2.17. The second kappa shape index (κ2) is 8.76. The van der Waals surface area contributed by atoms with E-state index >= 15 is 0 Å². The van der Waals surface area contributed by atoms with Gasteiger partial charge in [-0.25, -0.2) is 0 Å². The summed E-state index contributed by atoms with van der Waals surface area (Å²) < 4.78 is 0. The SMILES string of the molecule is CCP(C(=O)c1c(Cl)cc(Cl)cc1Cl)C(=O)c1c(Cl)cc(Cl)cc1Cl. The van der Waals surface area contributed by atoms with E-state index in [2.05, 4.69) is 0 Å². The molecule has 9 heteroatoms. The van der Waals surface area contributed by atoms with Crippen LogP contribution < -0.4 is 0 Å². The second-order valence-electron chi connectivity index (χ2n) is 4.84. The molecule has 132 valence electrons. The summed E-state index contributed by atoms with van der Waals surface area (Å²) in [6.07, 6.45) is 0.275. The van der Waals surface area contributed by atoms with Crippen LogP contribution in [0.2, 0.25) is 30.1 Å². The summed E-state index contributed by atoms with van der Waals surface area (Å²) in [4.78, 5) is 25.8. The normalized spacial score (nSPS) is 11.0. The topological polar surface area (TPSA) is 34.1 Å². The smallest absolute Gasteiger partial charge is 0.195 e. The number of carbonyl (C=O) groups is 2. The van der Waals surface area contributed by atoms with Crippen molar-refractivity contribution in [1.29, 1.82) is 0 Å². The Morgan fingerprint density at radius 3 is 1.24 bits per heavy atom. The van der Waals surface area contributed by atoms with Crippen molar-refractivity contribution in [2.24, 2.45) is 0 Å². The molecule has 0 radical (unpaired) electrons. The van der Waals surface area contributed by atoms with Crippen molar-refractivity contribution in [2.45, 2.75) is 6.92 Å². The molecular formula is C16H9Cl6O2P. The van der Waals surface area contributed by atoms with Gasteiger partial charge in [0.15, 0.2) is 11.0 Å². The summed E-state index contributed by atoms with van der Waals surface area (Å²) in [5, 5.41) is 0.938. The van der Waals surface area contributed by atoms with Crippen molar-refractivity contribution >= 4 is 88.6 Å². The van der Waals surface area contributed by atoms with E-state index < -0.39 is 19.0 Å². The molecule has 2 rings (SSSR count). The van der Waals surface area contributed by atoms with Crippen LogP contribution in [0.25, 0.3) is 0 Å². The number of hydrogen-bond donors (Lipinski definition) is 0. The van der Waals surface area contributed by atoms with Crippen molar-refractivity contribution in [3.63, 3.8) is 0 Å². The van der Waals surface area contributed by atoms with E-state index in [4.69, 9.17) is 69.6 Å². The number of rotatable bonds is 5. The number of halogens is 6. The fourth-order valence-corrected chi connectivity index (χ4v) is 6.16. The van der Waals surface area contributed by atoms with Gasteiger partial charge in [-0.1, -0.05) is 76.5 Å². The maximum Gasteiger partial charge on any atom is 0.195 e. The van der Waals surface area contributed by atoms with Crippen molar-refractivity contribution < 1.29 is 9.59 Å². The molecular weight excluding hydrogens is 468 g/mol. The van der Waals surface area contributed by atoms with Gasteiger partial charge < -0.3 is 0 Å². The lowest BCUT2D eigenvalue weighted by atomic mass is 10.2. The molecule has 2 aromatic carbocycles. The largest absolute Gasteiger partial charge is 0.288 e. The van der Waals surface area contributed by atoms with Crippen LogP contribution in [0.4, 0.5) is 0 Å². The highest BCUT2D eigenvalue weighted by molar-refractivity contribution is 7.90. The number of benzene rings is 2. The summed E-state index contributed by atoms with van der Waals surface area (Å²) >= 11 is 36.1. The molecule has 0 aliphatic rings. The van der Waals surface area contributed by atoms with Crippen molar-refractivity contribution in [3.05, 3.63) is 65.5 Å². The van der Waals surface area contributed by atoms with Crippen molar-refractivity contribution in [3.8, 4) is 0 Å². The molecule has 0 aliphatic carbocycles. The Hall–Kier alpha value is -0.0500. The van der Waals surface area contributed by atoms with Gasteiger partial charge in [-0.05, 0) is 30.4 Å². The first-order valence-electron chi connectivity index (χ1n) is 6.82. The van der Waals surface area contributed by atoms with E-state index in [1.54, 1.807) is 6.92 Å². The maximum atomic E-state index is 12.9. The molecule has 2 nitrogen and oxygen atoms in total. The van der Waals surface area contributed by atoms with Crippen molar-refractivity contribution in [2.75, 3.05) is 6.16 Å². The zero-order valence-corrected chi connectivity index (χ0v) is 18.0. The van der Waals surface area contributed by atoms with Crippen LogP contribution in [0.3, 0.4) is 0 Å². The molecule has 0 N–H and O–H groups in total. The summed E-state index contributed by atoms with van der Waals surface area (Å²) in [5.41, 5.74) is -0.794. The third-order valence-electron chi connectivity index (χ3n) is 3.25. The summed E-state index contributed by atoms with van der Waals surface area (Å²) in [7, 11) is -1.82. The average molecular weight is 477 g/mol. The predicted molar refractivity (Wildman–Crippen MR) is 109 cm³/mol. The Labute approximate surface area is 176 Å². The van der Waals surface area contributed by atoms with Crippen LogP contribution in [0.1, 0.15) is 27.6 Å². The fraction of sp³-hybridized carbons (Fsp3) is 0.125. The van der Waals surface area contributed by atoms with Gasteiger partial charge in [-0.15, -0.1) is 0 Å². The van der Waals surface area contributed by atoms with Gasteiger partial charge in [0.25, 0.3) is 0 Å². The molecule has 0 atom stereocenters. The van der Waals surface area contributed by atoms with Crippen LogP contribution >= 0.6 is 77.5 Å². The highest BCUT2D eigenvalue weighted by Crippen LogP contribution is 2.48. The van der Waals surface area contributed by atoms with Crippen LogP contribution in [-0.4, -0.2) is 17.2 Å². The Morgan fingerprint density at radius 2 is 1.00 bits per heavy atom. The highest BCUT2D eigenvalue weighted by atomic mass is 35.5. The molecule has 0 spiro atoms. The predicted octanol–water partition coefficient (Wildman–Crippen LogP) is 8.09. The zero-order chi connectivity index (χ0) is 18.9. The van der Waals surface area contributed by atoms with E-state index in [0.717, 1.165) is 0 Å². The molecule has 0 saturated heterocycles. The van der Waals surface area contributed by atoms with Crippen LogP contribution in [0.5, 0.6) is 0 Å². The first kappa shape index (κ1) is 21.3. The van der Waals surface area contributed by atoms with Gasteiger partial charge in [-0.2, -0.15) is 0 Å². The van der Waals surface area contributed by atoms with Gasteiger partial charge >= 0.3 is 0 Å². The highest BCUT2D eigenvalue weighted by Gasteiger charge is 2.32. The van der Waals surface area contributed by atoms with E-state index in [1.165, 1.54) is 24.3 Å². The minimum atomic E-state index is -1.82. The van der Waals surface area contributed by atoms with Gasteiger partial charge in [0.05, 0.1) is 31.2 Å². The fourth-order valence-electron chi connectivity index (χ4n) is 2.14. The summed E-state index contributed by atoms with van der Waals surface area (Å²) in [5.74, 6) is 0. The molecule has 0 fully saturated rings. The summed E-state index contributed by atoms with van der Waals surface area (Å²) in [6.45, 7) is 1.72. The molecule has 25 heavy (non-hydrogen) atoms. The van der Waals surface area contributed by atoms with Gasteiger partial charge in [0.2, 0.25) is 0 Å². The summed E-state index contributed by atoms with van der Waals surface area (Å²) in [6, 6.07) is 5.60. The van der Waals surface area contributed by atoms with Crippen molar-refractivity contribution in [1.82, 2.24) is 0 Å². The van der Waals surface area contributed by atoms with Crippen LogP contribution in [0.15, 0.2) is 24.3 Å². The molecule has 0 aromatic heterocycles. The Balaban J connectivity index is 2.50. The van der Waals surface area contributed by atoms with E-state index in [1.807, 2.05) is 0 Å². The van der Waals surface area contributed by atoms with Gasteiger partial charge in [0, 0.05) is 18.0 Å². The standard InChI is InChI=1S/C16H9Cl6O2P/c1-2-25(15(23)13-9(19)3-7(17)4-10(13)20)16(24)14-11(21)5-8(18)6-12(14)22/h3-6H,2H2,1H3. The van der Waals surface area contributed by atoms with Crippen LogP contribution in [0, 0.1) is 0 Å². The number of carbonyl (C=O) groups excluding carboxylic acids is 2. The molecule has 0 unspecified atom stereocenters. The average Bonchev–Trinajstić information content (AvgIpc) is 2.45. The quantitative estimate of drug-likeness (QED) is 0.408. The maximum absolute atomic E-state index is 12.9. The van der Waals surface area contributed by atoms with E-state index in [9.17, 15) is 9.59 Å². The third kappa shape index (κ3) is 4.62. The first-order chi connectivity index (χ1) is 11.7. The Morgan fingerprint density at radius 1 is 0.720 bits per heavy atom. The van der Waals surface area contributed by atoms with E-state index in [-0.39, 0.29) is 37.4 Å². The van der Waals surface area contributed by atoms with Crippen LogP contribution in [-0.2, 0) is 0 Å². The lowest BCUT2D eigenvalue weighted by Crippen LogP contribution is -2.10. The first-order valence-corrected chi connectivity index (χ1v) is 10.6. The number of hydrogen-bond acceptors (Lipinski definition) is 2. The Bertz CT molecular complexity index is 752. The molecule has 0 bridgehead atoms. The molecule has 0 saturated carbocycles. The van der Waals surface area contributed by atoms with E-state index in [0.29, 0.717) is 10.0 Å². The zero-order valence-electron chi connectivity index (χ0n) is 12.5. The monoisotopic (exact) mass is 474 g/mol. The molecule has 0 aliphatic heterocycles. The minimum absolute atomic E-state index is 0.0650. The molecule has 0 amide bonds. The minimum Gasteiger partial charge on any atom is -0.288 e. The third-order valence-corrected chi connectivity index (χ3v) is 6.94.